The monoisotopic (exact) mass is 510 g/mol. The molecule has 0 amide bonds. The summed E-state index contributed by atoms with van der Waals surface area (Å²) in [6, 6.07) is 8.87. The Morgan fingerprint density at radius 1 is 0.412 bits per heavy atom. The number of hydrogen-bond acceptors (Lipinski definition) is 2. The molecule has 0 fully saturated rings. The third kappa shape index (κ3) is 6.84. The molecule has 0 heterocycles. The third-order valence-corrected chi connectivity index (χ3v) is 3.71. The van der Waals surface area contributed by atoms with E-state index in [0.29, 0.717) is 24.3 Å². The van der Waals surface area contributed by atoms with Gasteiger partial charge in [-0.05, 0) is 24.3 Å². The van der Waals surface area contributed by atoms with E-state index in [9.17, 15) is 52.7 Å². The minimum atomic E-state index is -6.62. The second-order valence-corrected chi connectivity index (χ2v) is 6.23. The number of allylic oxidation sites excluding steroid dienone is 4. The average Bonchev–Trinajstić information content (AvgIpc) is 2.67. The molecule has 2 aromatic carbocycles. The van der Waals surface area contributed by atoms with Crippen LogP contribution in [0.3, 0.4) is 0 Å². The third-order valence-electron chi connectivity index (χ3n) is 3.71. The van der Waals surface area contributed by atoms with Crippen molar-refractivity contribution in [2.24, 2.45) is 0 Å². The van der Waals surface area contributed by atoms with Crippen molar-refractivity contribution >= 4 is 0 Å². The average molecular weight is 510 g/mol. The van der Waals surface area contributed by atoms with Crippen LogP contribution in [0.1, 0.15) is 0 Å². The minimum Gasteiger partial charge on any atom is -0.451 e. The second-order valence-electron chi connectivity index (χ2n) is 6.23. The van der Waals surface area contributed by atoms with Crippen LogP contribution in [0.25, 0.3) is 0 Å². The first-order valence-corrected chi connectivity index (χ1v) is 8.66. The van der Waals surface area contributed by atoms with Gasteiger partial charge in [-0.25, -0.2) is 0 Å². The van der Waals surface area contributed by atoms with E-state index in [1.165, 1.54) is 12.1 Å². The molecule has 0 N–H and O–H groups in total. The summed E-state index contributed by atoms with van der Waals surface area (Å²) in [4.78, 5) is 0. The molecule has 0 saturated carbocycles. The maximum Gasteiger partial charge on any atom is 0.450 e. The van der Waals surface area contributed by atoms with Gasteiger partial charge in [0.05, 0.1) is 0 Å². The topological polar surface area (TPSA) is 18.5 Å². The second kappa shape index (κ2) is 9.50. The van der Waals surface area contributed by atoms with E-state index in [1.807, 2.05) is 0 Å². The molecule has 14 heteroatoms. The summed E-state index contributed by atoms with van der Waals surface area (Å²) in [6.45, 7) is 0. The molecule has 0 unspecified atom stereocenters. The lowest BCUT2D eigenvalue weighted by molar-refractivity contribution is -0.152. The molecule has 34 heavy (non-hydrogen) atoms. The molecular formula is C20H10F12O2. The summed E-state index contributed by atoms with van der Waals surface area (Å²) in [5, 5.41) is 0. The van der Waals surface area contributed by atoms with Gasteiger partial charge in [0.1, 0.15) is 22.6 Å². The molecule has 0 bridgehead atoms. The summed E-state index contributed by atoms with van der Waals surface area (Å²) in [5.41, 5.74) is -7.53. The number of halogens is 12. The highest BCUT2D eigenvalue weighted by Gasteiger charge is 2.59. The fourth-order valence-corrected chi connectivity index (χ4v) is 2.48. The normalized spacial score (nSPS) is 14.8. The predicted molar refractivity (Wildman–Crippen MR) is 92.4 cm³/mol. The van der Waals surface area contributed by atoms with Crippen molar-refractivity contribution < 1.29 is 62.2 Å². The Morgan fingerprint density at radius 2 is 0.676 bits per heavy atom. The van der Waals surface area contributed by atoms with E-state index in [1.54, 1.807) is 0 Å². The number of alkyl halides is 12. The Balaban J connectivity index is 3.02. The Kier molecular flexibility index (Phi) is 7.53. The number of hydrogen-bond donors (Lipinski definition) is 0. The van der Waals surface area contributed by atoms with Gasteiger partial charge in [0.25, 0.3) is 0 Å². The van der Waals surface area contributed by atoms with Crippen molar-refractivity contribution in [3.8, 4) is 11.5 Å². The fraction of sp³-hybridized carbons (Fsp3) is 0.200. The van der Waals surface area contributed by atoms with Gasteiger partial charge >= 0.3 is 24.7 Å². The van der Waals surface area contributed by atoms with Crippen LogP contribution >= 0.6 is 0 Å². The summed E-state index contributed by atoms with van der Waals surface area (Å²) in [5.74, 6) is -8.76. The molecule has 0 saturated heterocycles. The molecule has 0 radical (unpaired) electrons. The lowest BCUT2D eigenvalue weighted by atomic mass is 10.0. The SMILES string of the molecule is FC(F)(F)/C(Oc1ccccc1)=C(\C(=C(\Oc1ccccc1)C(F)(F)F)C(F)(F)F)C(F)(F)F. The van der Waals surface area contributed by atoms with E-state index in [-0.39, 0.29) is 0 Å². The van der Waals surface area contributed by atoms with E-state index in [0.717, 1.165) is 24.3 Å². The molecule has 186 valence electrons. The van der Waals surface area contributed by atoms with Crippen molar-refractivity contribution in [1.29, 1.82) is 0 Å². The molecule has 0 aliphatic heterocycles. The van der Waals surface area contributed by atoms with Crippen LogP contribution in [0.15, 0.2) is 83.3 Å². The van der Waals surface area contributed by atoms with E-state index in [2.05, 4.69) is 9.47 Å². The largest absolute Gasteiger partial charge is 0.451 e. The van der Waals surface area contributed by atoms with Gasteiger partial charge in [-0.2, -0.15) is 52.7 Å². The first kappa shape index (κ1) is 26.9. The van der Waals surface area contributed by atoms with E-state index >= 15 is 0 Å². The number of benzene rings is 2. The number of ether oxygens (including phenoxy) is 2. The van der Waals surface area contributed by atoms with Crippen LogP contribution in [0, 0.1) is 0 Å². The van der Waals surface area contributed by atoms with Gasteiger partial charge in [0.2, 0.25) is 11.5 Å². The van der Waals surface area contributed by atoms with Gasteiger partial charge in [0, 0.05) is 0 Å². The van der Waals surface area contributed by atoms with Crippen LogP contribution in [-0.4, -0.2) is 24.7 Å². The van der Waals surface area contributed by atoms with E-state index in [4.69, 9.17) is 0 Å². The summed E-state index contributed by atoms with van der Waals surface area (Å²) in [6.07, 6.45) is -25.9. The van der Waals surface area contributed by atoms with Gasteiger partial charge in [-0.15, -0.1) is 0 Å². The van der Waals surface area contributed by atoms with Gasteiger partial charge in [0.15, 0.2) is 0 Å². The van der Waals surface area contributed by atoms with Gasteiger partial charge in [-0.1, -0.05) is 36.4 Å². The molecule has 2 aromatic rings. The van der Waals surface area contributed by atoms with Crippen LogP contribution in [-0.2, 0) is 0 Å². The van der Waals surface area contributed by atoms with Crippen LogP contribution in [0.5, 0.6) is 11.5 Å². The molecule has 0 spiro atoms. The summed E-state index contributed by atoms with van der Waals surface area (Å²) >= 11 is 0. The quantitative estimate of drug-likeness (QED) is 0.231. The van der Waals surface area contributed by atoms with Gasteiger partial charge in [-0.3, -0.25) is 0 Å². The summed E-state index contributed by atoms with van der Waals surface area (Å²) < 4.78 is 171. The van der Waals surface area contributed by atoms with Crippen LogP contribution in [0.4, 0.5) is 52.7 Å². The zero-order valence-electron chi connectivity index (χ0n) is 16.1. The smallest absolute Gasteiger partial charge is 0.450 e. The standard InChI is InChI=1S/C20H10F12O2/c21-17(22,23)13(15(19(27,28)29)33-11-7-3-1-4-8-11)14(18(24,25)26)16(20(30,31)32)34-12-9-5-2-6-10-12/h1-10H/b15-13-,16-14-. The van der Waals surface area contributed by atoms with Crippen molar-refractivity contribution in [2.75, 3.05) is 0 Å². The number of rotatable bonds is 5. The highest BCUT2D eigenvalue weighted by atomic mass is 19.4. The first-order chi connectivity index (χ1) is 15.4. The molecule has 2 rings (SSSR count). The molecule has 0 aliphatic rings. The molecular weight excluding hydrogens is 500 g/mol. The van der Waals surface area contributed by atoms with Crippen molar-refractivity contribution in [1.82, 2.24) is 0 Å². The van der Waals surface area contributed by atoms with Crippen molar-refractivity contribution in [3.63, 3.8) is 0 Å². The van der Waals surface area contributed by atoms with Gasteiger partial charge < -0.3 is 9.47 Å². The fourth-order valence-electron chi connectivity index (χ4n) is 2.48. The lowest BCUT2D eigenvalue weighted by Crippen LogP contribution is -2.35. The summed E-state index contributed by atoms with van der Waals surface area (Å²) in [7, 11) is 0. The maximum absolute atomic E-state index is 13.7. The van der Waals surface area contributed by atoms with Crippen molar-refractivity contribution in [2.45, 2.75) is 24.7 Å². The zero-order valence-corrected chi connectivity index (χ0v) is 16.1. The lowest BCUT2D eigenvalue weighted by Gasteiger charge is -2.26. The predicted octanol–water partition coefficient (Wildman–Crippen LogP) is 7.90. The Labute approximate surface area is 182 Å². The van der Waals surface area contributed by atoms with E-state index < -0.39 is 58.9 Å². The van der Waals surface area contributed by atoms with Crippen LogP contribution < -0.4 is 9.47 Å². The molecule has 0 aromatic heterocycles. The minimum absolute atomic E-state index is 0.655. The number of para-hydroxylation sites is 2. The molecule has 2 nitrogen and oxygen atoms in total. The zero-order chi connectivity index (χ0) is 25.9. The molecule has 0 aliphatic carbocycles. The Bertz CT molecular complexity index is 942. The van der Waals surface area contributed by atoms with Crippen molar-refractivity contribution in [3.05, 3.63) is 83.3 Å². The maximum atomic E-state index is 13.7. The molecule has 0 atom stereocenters. The Hall–Kier alpha value is -3.32. The van der Waals surface area contributed by atoms with Crippen LogP contribution in [0.2, 0.25) is 0 Å². The highest BCUT2D eigenvalue weighted by molar-refractivity contribution is 5.47. The Morgan fingerprint density at radius 3 is 0.882 bits per heavy atom. The first-order valence-electron chi connectivity index (χ1n) is 8.66. The highest BCUT2D eigenvalue weighted by Crippen LogP contribution is 2.49.